The average molecular weight is 339 g/mol. The first-order valence-corrected chi connectivity index (χ1v) is 8.80. The number of benzene rings is 1. The van der Waals surface area contributed by atoms with Crippen LogP contribution in [0.3, 0.4) is 0 Å². The van der Waals surface area contributed by atoms with E-state index in [0.717, 1.165) is 37.0 Å². The monoisotopic (exact) mass is 338 g/mol. The zero-order valence-electron chi connectivity index (χ0n) is 12.4. The number of rotatable bonds is 2. The molecule has 1 aromatic carbocycles. The van der Waals surface area contributed by atoms with Crippen LogP contribution in [0.2, 0.25) is 10.0 Å². The molecule has 0 aliphatic heterocycles. The number of hydrogen-bond donors (Lipinski definition) is 2. The molecule has 0 radical (unpaired) electrons. The van der Waals surface area contributed by atoms with E-state index in [1.54, 1.807) is 18.2 Å². The number of carbonyl (C=O) groups is 1. The number of anilines is 1. The Morgan fingerprint density at radius 1 is 0.955 bits per heavy atom. The fraction of sp³-hybridized carbons (Fsp3) is 0.588. The van der Waals surface area contributed by atoms with Gasteiger partial charge in [-0.05, 0) is 74.5 Å². The molecule has 5 rings (SSSR count). The molecule has 0 heterocycles. The Bertz CT molecular complexity index is 561. The molecule has 4 aliphatic carbocycles. The van der Waals surface area contributed by atoms with Gasteiger partial charge < -0.3 is 10.6 Å². The normalized spacial score (nSPS) is 35.5. The topological polar surface area (TPSA) is 41.1 Å². The van der Waals surface area contributed by atoms with Gasteiger partial charge in [0.25, 0.3) is 0 Å². The van der Waals surface area contributed by atoms with E-state index < -0.39 is 0 Å². The van der Waals surface area contributed by atoms with Crippen molar-refractivity contribution in [1.29, 1.82) is 0 Å². The van der Waals surface area contributed by atoms with Crippen molar-refractivity contribution in [2.75, 3.05) is 5.32 Å². The van der Waals surface area contributed by atoms with Crippen molar-refractivity contribution in [3.8, 4) is 0 Å². The SMILES string of the molecule is O=C(Nc1cc(Cl)cc(Cl)c1)NC12CC3CC(CC(C3)C1)C2. The van der Waals surface area contributed by atoms with Gasteiger partial charge in [0.15, 0.2) is 0 Å². The molecule has 5 heteroatoms. The van der Waals surface area contributed by atoms with Gasteiger partial charge >= 0.3 is 6.03 Å². The van der Waals surface area contributed by atoms with Crippen LogP contribution in [0.15, 0.2) is 18.2 Å². The van der Waals surface area contributed by atoms with Crippen molar-refractivity contribution in [3.63, 3.8) is 0 Å². The minimum Gasteiger partial charge on any atom is -0.332 e. The molecule has 118 valence electrons. The van der Waals surface area contributed by atoms with Gasteiger partial charge in [0.05, 0.1) is 0 Å². The van der Waals surface area contributed by atoms with Crippen LogP contribution in [-0.2, 0) is 0 Å². The Morgan fingerprint density at radius 2 is 1.45 bits per heavy atom. The molecule has 0 aromatic heterocycles. The largest absolute Gasteiger partial charge is 0.332 e. The van der Waals surface area contributed by atoms with Crippen molar-refractivity contribution >= 4 is 34.9 Å². The third-order valence-electron chi connectivity index (χ3n) is 5.54. The molecule has 4 aliphatic rings. The van der Waals surface area contributed by atoms with Gasteiger partial charge in [-0.1, -0.05) is 23.2 Å². The standard InChI is InChI=1S/C17H20Cl2N2O/c18-13-4-14(19)6-15(5-13)20-16(22)21-17-7-10-1-11(8-17)3-12(2-10)9-17/h4-6,10-12H,1-3,7-9H2,(H2,20,21,22). The minimum atomic E-state index is -0.139. The van der Waals surface area contributed by atoms with Crippen LogP contribution in [0.5, 0.6) is 0 Å². The smallest absolute Gasteiger partial charge is 0.319 e. The Hall–Kier alpha value is -0.930. The lowest BCUT2D eigenvalue weighted by atomic mass is 9.53. The minimum absolute atomic E-state index is 0.0151. The summed E-state index contributed by atoms with van der Waals surface area (Å²) >= 11 is 12.0. The summed E-state index contributed by atoms with van der Waals surface area (Å²) in [6.45, 7) is 0. The van der Waals surface area contributed by atoms with Crippen LogP contribution in [0, 0.1) is 17.8 Å². The maximum Gasteiger partial charge on any atom is 0.319 e. The average Bonchev–Trinajstić information content (AvgIpc) is 2.33. The van der Waals surface area contributed by atoms with Gasteiger partial charge in [-0.2, -0.15) is 0 Å². The molecular weight excluding hydrogens is 319 g/mol. The molecule has 1 aromatic rings. The van der Waals surface area contributed by atoms with Gasteiger partial charge in [-0.25, -0.2) is 4.79 Å². The van der Waals surface area contributed by atoms with E-state index in [0.29, 0.717) is 15.7 Å². The van der Waals surface area contributed by atoms with Crippen LogP contribution < -0.4 is 10.6 Å². The highest BCUT2D eigenvalue weighted by Crippen LogP contribution is 2.55. The van der Waals surface area contributed by atoms with Gasteiger partial charge in [-0.3, -0.25) is 0 Å². The molecule has 4 saturated carbocycles. The molecular formula is C17H20Cl2N2O. The Balaban J connectivity index is 1.46. The Kier molecular flexibility index (Phi) is 3.54. The molecule has 0 unspecified atom stereocenters. The summed E-state index contributed by atoms with van der Waals surface area (Å²) in [6.07, 6.45) is 7.53. The fourth-order valence-corrected chi connectivity index (χ4v) is 5.82. The van der Waals surface area contributed by atoms with Crippen LogP contribution >= 0.6 is 23.2 Å². The predicted octanol–water partition coefficient (Wildman–Crippen LogP) is 5.08. The van der Waals surface area contributed by atoms with E-state index in [-0.39, 0.29) is 11.6 Å². The maximum atomic E-state index is 12.4. The first-order chi connectivity index (χ1) is 10.5. The summed E-state index contributed by atoms with van der Waals surface area (Å²) in [7, 11) is 0. The van der Waals surface area contributed by atoms with Gasteiger partial charge in [-0.15, -0.1) is 0 Å². The number of halogens is 2. The van der Waals surface area contributed by atoms with Crippen molar-refractivity contribution < 1.29 is 4.79 Å². The summed E-state index contributed by atoms with van der Waals surface area (Å²) in [6, 6.07) is 4.95. The second kappa shape index (κ2) is 5.31. The highest BCUT2D eigenvalue weighted by Gasteiger charge is 2.51. The van der Waals surface area contributed by atoms with E-state index >= 15 is 0 Å². The third-order valence-corrected chi connectivity index (χ3v) is 5.97. The first kappa shape index (κ1) is 14.6. The number of carbonyl (C=O) groups excluding carboxylic acids is 1. The summed E-state index contributed by atoms with van der Waals surface area (Å²) in [4.78, 5) is 12.4. The molecule has 0 saturated heterocycles. The molecule has 2 N–H and O–H groups in total. The highest BCUT2D eigenvalue weighted by atomic mass is 35.5. The number of nitrogens with one attached hydrogen (secondary N) is 2. The van der Waals surface area contributed by atoms with E-state index in [9.17, 15) is 4.79 Å². The summed E-state index contributed by atoms with van der Waals surface area (Å²) in [5.41, 5.74) is 0.654. The predicted molar refractivity (Wildman–Crippen MR) is 89.5 cm³/mol. The number of amides is 2. The lowest BCUT2D eigenvalue weighted by Gasteiger charge is -2.56. The van der Waals surface area contributed by atoms with Crippen molar-refractivity contribution in [1.82, 2.24) is 5.32 Å². The zero-order chi connectivity index (χ0) is 15.3. The Morgan fingerprint density at radius 3 is 1.95 bits per heavy atom. The van der Waals surface area contributed by atoms with E-state index in [1.165, 1.54) is 19.3 Å². The summed E-state index contributed by atoms with van der Waals surface area (Å²) in [5, 5.41) is 7.21. The second-order valence-corrected chi connectivity index (χ2v) is 8.31. The van der Waals surface area contributed by atoms with E-state index in [1.807, 2.05) is 0 Å². The molecule has 3 nitrogen and oxygen atoms in total. The quantitative estimate of drug-likeness (QED) is 0.775. The lowest BCUT2D eigenvalue weighted by Crippen LogP contribution is -2.60. The summed E-state index contributed by atoms with van der Waals surface area (Å²) < 4.78 is 0. The lowest BCUT2D eigenvalue weighted by molar-refractivity contribution is -0.0127. The molecule has 4 fully saturated rings. The number of hydrogen-bond acceptors (Lipinski definition) is 1. The molecule has 0 atom stereocenters. The van der Waals surface area contributed by atoms with Gasteiger partial charge in [0.2, 0.25) is 0 Å². The van der Waals surface area contributed by atoms with Gasteiger partial charge in [0, 0.05) is 21.3 Å². The van der Waals surface area contributed by atoms with E-state index in [4.69, 9.17) is 23.2 Å². The number of urea groups is 1. The highest BCUT2D eigenvalue weighted by molar-refractivity contribution is 6.35. The molecule has 22 heavy (non-hydrogen) atoms. The van der Waals surface area contributed by atoms with Crippen LogP contribution in [0.1, 0.15) is 38.5 Å². The van der Waals surface area contributed by atoms with Crippen LogP contribution in [-0.4, -0.2) is 11.6 Å². The zero-order valence-corrected chi connectivity index (χ0v) is 13.9. The molecule has 4 bridgehead atoms. The molecule has 2 amide bonds. The van der Waals surface area contributed by atoms with E-state index in [2.05, 4.69) is 10.6 Å². The third kappa shape index (κ3) is 2.81. The fourth-order valence-electron chi connectivity index (χ4n) is 5.29. The summed E-state index contributed by atoms with van der Waals surface area (Å²) in [5.74, 6) is 2.44. The van der Waals surface area contributed by atoms with Crippen LogP contribution in [0.25, 0.3) is 0 Å². The van der Waals surface area contributed by atoms with Crippen molar-refractivity contribution in [2.45, 2.75) is 44.1 Å². The van der Waals surface area contributed by atoms with Crippen molar-refractivity contribution in [2.24, 2.45) is 17.8 Å². The van der Waals surface area contributed by atoms with Gasteiger partial charge in [0.1, 0.15) is 0 Å². The maximum absolute atomic E-state index is 12.4. The van der Waals surface area contributed by atoms with Crippen molar-refractivity contribution in [3.05, 3.63) is 28.2 Å². The second-order valence-electron chi connectivity index (χ2n) is 7.44. The Labute approximate surface area is 140 Å². The first-order valence-electron chi connectivity index (χ1n) is 8.05. The molecule has 0 spiro atoms. The van der Waals surface area contributed by atoms with Crippen LogP contribution in [0.4, 0.5) is 10.5 Å².